The number of carbonyl (C=O) groups is 1. The van der Waals surface area contributed by atoms with Crippen LogP contribution < -0.4 is 5.63 Å². The van der Waals surface area contributed by atoms with E-state index in [1.54, 1.807) is 12.1 Å². The number of ketones is 1. The Labute approximate surface area is 153 Å². The zero-order valence-electron chi connectivity index (χ0n) is 16.1. The van der Waals surface area contributed by atoms with E-state index in [0.717, 1.165) is 5.56 Å². The minimum Gasteiger partial charge on any atom is -0.422 e. The van der Waals surface area contributed by atoms with E-state index in [0.29, 0.717) is 17.4 Å². The van der Waals surface area contributed by atoms with Gasteiger partial charge in [0.15, 0.2) is 12.1 Å². The van der Waals surface area contributed by atoms with Gasteiger partial charge in [0.05, 0.1) is 0 Å². The lowest BCUT2D eigenvalue weighted by Gasteiger charge is -2.25. The number of benzene rings is 1. The summed E-state index contributed by atoms with van der Waals surface area (Å²) in [5.74, 6) is -0.220. The second kappa shape index (κ2) is 7.33. The van der Waals surface area contributed by atoms with Crippen molar-refractivity contribution in [1.82, 2.24) is 0 Å². The number of Topliss-reactive ketones (excluding diaryl/α,β-unsaturated/α-hetero) is 1. The van der Waals surface area contributed by atoms with Gasteiger partial charge in [-0.25, -0.2) is 4.79 Å². The molecule has 0 aliphatic rings. The summed E-state index contributed by atoms with van der Waals surface area (Å²) in [4.78, 5) is 24.6. The summed E-state index contributed by atoms with van der Waals surface area (Å²) in [6.07, 6.45) is -0.204. The Hall–Kier alpha value is -1.98. The Morgan fingerprint density at radius 1 is 1.12 bits per heavy atom. The Morgan fingerprint density at radius 2 is 1.77 bits per heavy atom. The lowest BCUT2D eigenvalue weighted by molar-refractivity contribution is -0.0673. The van der Waals surface area contributed by atoms with Gasteiger partial charge in [-0.3, -0.25) is 4.79 Å². The average molecular weight is 360 g/mol. The van der Waals surface area contributed by atoms with Crippen molar-refractivity contribution in [3.63, 3.8) is 0 Å². The number of fused-ring (bicyclic) bond motifs is 1. The fourth-order valence-electron chi connectivity index (χ4n) is 3.17. The first kappa shape index (κ1) is 20.3. The second-order valence-electron chi connectivity index (χ2n) is 9.01. The van der Waals surface area contributed by atoms with Gasteiger partial charge >= 0.3 is 5.63 Å². The highest BCUT2D eigenvalue weighted by Gasteiger charge is 2.23. The van der Waals surface area contributed by atoms with Crippen LogP contribution in [0.5, 0.6) is 0 Å². The van der Waals surface area contributed by atoms with Gasteiger partial charge in [-0.1, -0.05) is 40.7 Å². The number of carbonyl (C=O) groups excluding carboxylic acids is 1. The summed E-state index contributed by atoms with van der Waals surface area (Å²) < 4.78 is 5.32. The molecule has 1 aromatic carbocycles. The zero-order chi connectivity index (χ0) is 19.7. The van der Waals surface area contributed by atoms with Crippen LogP contribution in [0.25, 0.3) is 11.0 Å². The molecule has 2 N–H and O–H groups in total. The van der Waals surface area contributed by atoms with Crippen molar-refractivity contribution in [2.75, 3.05) is 0 Å². The van der Waals surface area contributed by atoms with Crippen LogP contribution in [0.2, 0.25) is 0 Å². The fraction of sp³-hybridized carbons (Fsp3) is 0.524. The highest BCUT2D eigenvalue weighted by molar-refractivity contribution is 5.98. The number of rotatable bonds is 6. The molecule has 0 aliphatic carbocycles. The van der Waals surface area contributed by atoms with Gasteiger partial charge in [0, 0.05) is 18.2 Å². The lowest BCUT2D eigenvalue weighted by Crippen LogP contribution is -2.22. The first-order chi connectivity index (χ1) is 11.9. The van der Waals surface area contributed by atoms with Crippen molar-refractivity contribution in [1.29, 1.82) is 0 Å². The maximum absolute atomic E-state index is 12.4. The average Bonchev–Trinajstić information content (AvgIpc) is 2.43. The second-order valence-corrected chi connectivity index (χ2v) is 9.01. The van der Waals surface area contributed by atoms with Crippen LogP contribution in [0, 0.1) is 10.8 Å². The van der Waals surface area contributed by atoms with Gasteiger partial charge in [-0.2, -0.15) is 0 Å². The van der Waals surface area contributed by atoms with Crippen molar-refractivity contribution < 1.29 is 19.4 Å². The summed E-state index contributed by atoms with van der Waals surface area (Å²) >= 11 is 0. The lowest BCUT2D eigenvalue weighted by atomic mass is 9.82. The van der Waals surface area contributed by atoms with Gasteiger partial charge in [-0.05, 0) is 41.0 Å². The van der Waals surface area contributed by atoms with E-state index in [9.17, 15) is 19.8 Å². The van der Waals surface area contributed by atoms with Gasteiger partial charge in [0.25, 0.3) is 0 Å². The van der Waals surface area contributed by atoms with E-state index >= 15 is 0 Å². The third kappa shape index (κ3) is 5.51. The highest BCUT2D eigenvalue weighted by atomic mass is 16.5. The van der Waals surface area contributed by atoms with Gasteiger partial charge in [-0.15, -0.1) is 0 Å². The van der Waals surface area contributed by atoms with Crippen LogP contribution in [0.1, 0.15) is 63.4 Å². The molecule has 2 aromatic rings. The maximum Gasteiger partial charge on any atom is 0.347 e. The fourth-order valence-corrected chi connectivity index (χ4v) is 3.17. The SMILES string of the molecule is CC(C)(C)CC(=O)c1cc2cc(CC(C)(C)CC(O)O)ccc2oc1=O. The molecule has 0 radical (unpaired) electrons. The molecule has 0 aliphatic heterocycles. The smallest absolute Gasteiger partial charge is 0.347 e. The molecule has 1 aromatic heterocycles. The number of aliphatic hydroxyl groups is 2. The van der Waals surface area contributed by atoms with E-state index in [1.165, 1.54) is 0 Å². The van der Waals surface area contributed by atoms with E-state index < -0.39 is 11.9 Å². The largest absolute Gasteiger partial charge is 0.422 e. The molecule has 0 saturated heterocycles. The molecule has 26 heavy (non-hydrogen) atoms. The molecule has 142 valence electrons. The molecule has 2 rings (SSSR count). The molecule has 0 saturated carbocycles. The molecule has 0 unspecified atom stereocenters. The van der Waals surface area contributed by atoms with E-state index in [1.807, 2.05) is 46.8 Å². The Kier molecular flexibility index (Phi) is 5.73. The summed E-state index contributed by atoms with van der Waals surface area (Å²) in [5.41, 5.74) is 0.368. The molecule has 5 nitrogen and oxygen atoms in total. The van der Waals surface area contributed by atoms with Crippen LogP contribution in [-0.4, -0.2) is 22.3 Å². The predicted octanol–water partition coefficient (Wildman–Crippen LogP) is 3.68. The molecule has 1 heterocycles. The Morgan fingerprint density at radius 3 is 2.35 bits per heavy atom. The molecular weight excluding hydrogens is 332 g/mol. The van der Waals surface area contributed by atoms with Crippen molar-refractivity contribution in [3.8, 4) is 0 Å². The first-order valence-electron chi connectivity index (χ1n) is 8.82. The standard InChI is InChI=1S/C21H28O5/c1-20(2,3)11-16(22)15-9-14-8-13(6-7-17(14)26-19(15)25)10-21(4,5)12-18(23)24/h6-9,18,23-24H,10-12H2,1-5H3. The molecular formula is C21H28O5. The minimum atomic E-state index is -1.36. The molecule has 0 amide bonds. The molecule has 0 bridgehead atoms. The quantitative estimate of drug-likeness (QED) is 0.466. The highest BCUT2D eigenvalue weighted by Crippen LogP contribution is 2.29. The Bertz CT molecular complexity index is 853. The third-order valence-electron chi connectivity index (χ3n) is 4.21. The maximum atomic E-state index is 12.4. The zero-order valence-corrected chi connectivity index (χ0v) is 16.1. The van der Waals surface area contributed by atoms with Crippen LogP contribution in [0.3, 0.4) is 0 Å². The summed E-state index contributed by atoms with van der Waals surface area (Å²) in [6, 6.07) is 7.06. The number of aliphatic hydroxyl groups excluding tert-OH is 1. The predicted molar refractivity (Wildman–Crippen MR) is 101 cm³/mol. The van der Waals surface area contributed by atoms with Gasteiger partial charge in [0.1, 0.15) is 11.1 Å². The number of hydrogen-bond acceptors (Lipinski definition) is 5. The van der Waals surface area contributed by atoms with Crippen molar-refractivity contribution in [3.05, 3.63) is 45.8 Å². The first-order valence-corrected chi connectivity index (χ1v) is 8.82. The van der Waals surface area contributed by atoms with E-state index in [4.69, 9.17) is 4.42 Å². The van der Waals surface area contributed by atoms with Crippen LogP contribution >= 0.6 is 0 Å². The van der Waals surface area contributed by atoms with Gasteiger partial charge < -0.3 is 14.6 Å². The molecule has 0 spiro atoms. The van der Waals surface area contributed by atoms with Crippen molar-refractivity contribution in [2.45, 2.75) is 60.2 Å². The topological polar surface area (TPSA) is 87.7 Å². The minimum absolute atomic E-state index is 0.0783. The van der Waals surface area contributed by atoms with Crippen molar-refractivity contribution in [2.24, 2.45) is 10.8 Å². The van der Waals surface area contributed by atoms with Crippen LogP contribution in [0.4, 0.5) is 0 Å². The molecule has 5 heteroatoms. The third-order valence-corrected chi connectivity index (χ3v) is 4.21. The van der Waals surface area contributed by atoms with Gasteiger partial charge in [0.2, 0.25) is 0 Å². The monoisotopic (exact) mass is 360 g/mol. The van der Waals surface area contributed by atoms with Crippen LogP contribution in [-0.2, 0) is 6.42 Å². The van der Waals surface area contributed by atoms with Crippen molar-refractivity contribution >= 4 is 16.8 Å². The van der Waals surface area contributed by atoms with E-state index in [-0.39, 0.29) is 35.0 Å². The van der Waals surface area contributed by atoms with Crippen LogP contribution in [0.15, 0.2) is 33.5 Å². The summed E-state index contributed by atoms with van der Waals surface area (Å²) in [5, 5.41) is 19.1. The molecule has 0 fully saturated rings. The molecule has 0 atom stereocenters. The summed E-state index contributed by atoms with van der Waals surface area (Å²) in [7, 11) is 0. The Balaban J connectivity index is 2.37. The van der Waals surface area contributed by atoms with E-state index in [2.05, 4.69) is 0 Å². The summed E-state index contributed by atoms with van der Waals surface area (Å²) in [6.45, 7) is 9.76. The normalized spacial score (nSPS) is 12.8. The number of hydrogen-bond donors (Lipinski definition) is 2.